The molecule has 4 rings (SSSR count). The standard InChI is InChI=1S/C19H22N6.HI/c20-19(22-16-9-5-7-14-6-1-2-8-15(14)16)21-12-11-18-24-23-17-10-3-4-13-25(17)18;/h3-5,7,9-10,13H,1-2,6,8,11-12H2,(H3,20,21,22);1H. The molecule has 3 N–H and O–H groups in total. The van der Waals surface area contributed by atoms with Crippen LogP contribution in [0.2, 0.25) is 0 Å². The van der Waals surface area contributed by atoms with Gasteiger partial charge in [-0.15, -0.1) is 34.2 Å². The van der Waals surface area contributed by atoms with Crippen LogP contribution in [0.3, 0.4) is 0 Å². The molecule has 1 aliphatic rings. The van der Waals surface area contributed by atoms with Crippen molar-refractivity contribution in [3.05, 3.63) is 59.5 Å². The highest BCUT2D eigenvalue weighted by Crippen LogP contribution is 2.27. The third-order valence-corrected chi connectivity index (χ3v) is 4.66. The number of aromatic nitrogens is 3. The van der Waals surface area contributed by atoms with Crippen molar-refractivity contribution in [1.82, 2.24) is 14.6 Å². The van der Waals surface area contributed by atoms with Crippen LogP contribution < -0.4 is 11.1 Å². The minimum Gasteiger partial charge on any atom is -0.370 e. The van der Waals surface area contributed by atoms with E-state index in [2.05, 4.69) is 38.7 Å². The van der Waals surface area contributed by atoms with Crippen LogP contribution >= 0.6 is 24.0 Å². The predicted octanol–water partition coefficient (Wildman–Crippen LogP) is 3.20. The Bertz CT molecular complexity index is 917. The maximum absolute atomic E-state index is 6.09. The molecule has 0 saturated carbocycles. The summed E-state index contributed by atoms with van der Waals surface area (Å²) in [5.74, 6) is 1.34. The van der Waals surface area contributed by atoms with E-state index < -0.39 is 0 Å². The zero-order chi connectivity index (χ0) is 17.1. The second-order valence-corrected chi connectivity index (χ2v) is 6.34. The highest BCUT2D eigenvalue weighted by molar-refractivity contribution is 14.0. The third kappa shape index (κ3) is 3.98. The minimum atomic E-state index is 0. The molecule has 2 heterocycles. The van der Waals surface area contributed by atoms with E-state index in [1.165, 1.54) is 24.0 Å². The second kappa shape index (κ2) is 8.48. The molecule has 0 atom stereocenters. The highest BCUT2D eigenvalue weighted by Gasteiger charge is 2.13. The molecule has 0 amide bonds. The van der Waals surface area contributed by atoms with Crippen molar-refractivity contribution in [3.63, 3.8) is 0 Å². The summed E-state index contributed by atoms with van der Waals surface area (Å²) in [6, 6.07) is 12.2. The van der Waals surface area contributed by atoms with Crippen LogP contribution in [0.1, 0.15) is 29.8 Å². The molecule has 6 nitrogen and oxygen atoms in total. The first-order valence-corrected chi connectivity index (χ1v) is 8.77. The average molecular weight is 462 g/mol. The van der Waals surface area contributed by atoms with Gasteiger partial charge in [-0.2, -0.15) is 0 Å². The van der Waals surface area contributed by atoms with E-state index in [-0.39, 0.29) is 24.0 Å². The van der Waals surface area contributed by atoms with Gasteiger partial charge in [0.1, 0.15) is 5.82 Å². The van der Waals surface area contributed by atoms with Crippen molar-refractivity contribution >= 4 is 41.3 Å². The van der Waals surface area contributed by atoms with Crippen LogP contribution in [0.15, 0.2) is 47.6 Å². The number of rotatable bonds is 4. The lowest BCUT2D eigenvalue weighted by Crippen LogP contribution is -2.24. The number of aliphatic imine (C=N–C) groups is 1. The lowest BCUT2D eigenvalue weighted by Gasteiger charge is -2.19. The second-order valence-electron chi connectivity index (χ2n) is 6.34. The Morgan fingerprint density at radius 3 is 2.92 bits per heavy atom. The number of nitrogens with zero attached hydrogens (tertiary/aromatic N) is 4. The van der Waals surface area contributed by atoms with E-state index in [0.29, 0.717) is 18.9 Å². The maximum Gasteiger partial charge on any atom is 0.193 e. The van der Waals surface area contributed by atoms with Gasteiger partial charge in [0.25, 0.3) is 0 Å². The molecule has 3 aromatic rings. The summed E-state index contributed by atoms with van der Waals surface area (Å²) in [4.78, 5) is 4.45. The van der Waals surface area contributed by atoms with Crippen molar-refractivity contribution in [2.45, 2.75) is 32.1 Å². The van der Waals surface area contributed by atoms with Crippen LogP contribution in [-0.4, -0.2) is 27.1 Å². The number of hydrogen-bond acceptors (Lipinski definition) is 3. The van der Waals surface area contributed by atoms with E-state index >= 15 is 0 Å². The molecule has 1 aliphatic carbocycles. The molecule has 0 spiro atoms. The molecule has 0 bridgehead atoms. The van der Waals surface area contributed by atoms with Gasteiger partial charge in [0.15, 0.2) is 11.6 Å². The monoisotopic (exact) mass is 462 g/mol. The Morgan fingerprint density at radius 1 is 1.12 bits per heavy atom. The van der Waals surface area contributed by atoms with Crippen LogP contribution in [0.4, 0.5) is 5.69 Å². The van der Waals surface area contributed by atoms with Crippen LogP contribution in [0.25, 0.3) is 5.65 Å². The van der Waals surface area contributed by atoms with Gasteiger partial charge in [-0.25, -0.2) is 0 Å². The van der Waals surface area contributed by atoms with E-state index in [1.807, 2.05) is 28.8 Å². The van der Waals surface area contributed by atoms with Crippen LogP contribution in [0.5, 0.6) is 0 Å². The molecule has 2 aromatic heterocycles. The number of hydrogen-bond donors (Lipinski definition) is 2. The highest BCUT2D eigenvalue weighted by atomic mass is 127. The van der Waals surface area contributed by atoms with E-state index in [1.54, 1.807) is 0 Å². The molecule has 1 aromatic carbocycles. The summed E-state index contributed by atoms with van der Waals surface area (Å²) >= 11 is 0. The zero-order valence-electron chi connectivity index (χ0n) is 14.6. The SMILES string of the molecule is I.NC(=NCCc1nnc2ccccn12)Nc1cccc2c1CCCC2. The molecule has 26 heavy (non-hydrogen) atoms. The van der Waals surface area contributed by atoms with Gasteiger partial charge < -0.3 is 11.1 Å². The number of nitrogens with two attached hydrogens (primary N) is 1. The minimum absolute atomic E-state index is 0. The Hall–Kier alpha value is -2.16. The number of fused-ring (bicyclic) bond motifs is 2. The number of benzene rings is 1. The molecule has 0 aliphatic heterocycles. The summed E-state index contributed by atoms with van der Waals surface area (Å²) in [6.45, 7) is 0.573. The quantitative estimate of drug-likeness (QED) is 0.355. The Balaban J connectivity index is 0.00000196. The fourth-order valence-electron chi connectivity index (χ4n) is 3.41. The van der Waals surface area contributed by atoms with Crippen molar-refractivity contribution in [1.29, 1.82) is 0 Å². The van der Waals surface area contributed by atoms with Gasteiger partial charge >= 0.3 is 0 Å². The van der Waals surface area contributed by atoms with Gasteiger partial charge in [0, 0.05) is 24.8 Å². The number of guanidine groups is 1. The first kappa shape index (κ1) is 18.6. The normalized spacial score (nSPS) is 13.9. The number of nitrogens with one attached hydrogen (secondary N) is 1. The van der Waals surface area contributed by atoms with Crippen molar-refractivity contribution in [2.75, 3.05) is 11.9 Å². The zero-order valence-corrected chi connectivity index (χ0v) is 16.9. The number of aryl methyl sites for hydroxylation is 1. The summed E-state index contributed by atoms with van der Waals surface area (Å²) in [5, 5.41) is 11.6. The van der Waals surface area contributed by atoms with Crippen molar-refractivity contribution < 1.29 is 0 Å². The molecule has 7 heteroatoms. The number of pyridine rings is 1. The average Bonchev–Trinajstić information content (AvgIpc) is 3.05. The number of anilines is 1. The molecular weight excluding hydrogens is 439 g/mol. The summed E-state index contributed by atoms with van der Waals surface area (Å²) in [6.07, 6.45) is 7.43. The van der Waals surface area contributed by atoms with Crippen LogP contribution in [0, 0.1) is 0 Å². The Kier molecular flexibility index (Phi) is 6.08. The Labute approximate surface area is 169 Å². The smallest absolute Gasteiger partial charge is 0.193 e. The largest absolute Gasteiger partial charge is 0.370 e. The van der Waals surface area contributed by atoms with Crippen molar-refractivity contribution in [2.24, 2.45) is 10.7 Å². The molecule has 0 unspecified atom stereocenters. The predicted molar refractivity (Wildman–Crippen MR) is 115 cm³/mol. The topological polar surface area (TPSA) is 80.6 Å². The molecule has 0 saturated heterocycles. The summed E-state index contributed by atoms with van der Waals surface area (Å²) in [7, 11) is 0. The Morgan fingerprint density at radius 2 is 2.00 bits per heavy atom. The van der Waals surface area contributed by atoms with Gasteiger partial charge in [-0.05, 0) is 55.0 Å². The first-order valence-electron chi connectivity index (χ1n) is 8.77. The van der Waals surface area contributed by atoms with E-state index in [4.69, 9.17) is 5.73 Å². The fraction of sp³-hybridized carbons (Fsp3) is 0.316. The van der Waals surface area contributed by atoms with Gasteiger partial charge in [-0.3, -0.25) is 9.39 Å². The lowest BCUT2D eigenvalue weighted by atomic mass is 9.90. The van der Waals surface area contributed by atoms with Gasteiger partial charge in [0.05, 0.1) is 0 Å². The third-order valence-electron chi connectivity index (χ3n) is 4.66. The number of halogens is 1. The lowest BCUT2D eigenvalue weighted by molar-refractivity contribution is 0.687. The molecule has 136 valence electrons. The van der Waals surface area contributed by atoms with Crippen LogP contribution in [-0.2, 0) is 19.3 Å². The molecular formula is C19H23IN6. The fourth-order valence-corrected chi connectivity index (χ4v) is 3.41. The summed E-state index contributed by atoms with van der Waals surface area (Å²) < 4.78 is 1.98. The first-order chi connectivity index (χ1) is 12.3. The van der Waals surface area contributed by atoms with E-state index in [0.717, 1.165) is 30.0 Å². The van der Waals surface area contributed by atoms with Crippen molar-refractivity contribution in [3.8, 4) is 0 Å². The van der Waals surface area contributed by atoms with E-state index in [9.17, 15) is 0 Å². The molecule has 0 radical (unpaired) electrons. The van der Waals surface area contributed by atoms with Gasteiger partial charge in [-0.1, -0.05) is 18.2 Å². The molecule has 0 fully saturated rings. The van der Waals surface area contributed by atoms with Gasteiger partial charge in [0.2, 0.25) is 0 Å². The maximum atomic E-state index is 6.09. The summed E-state index contributed by atoms with van der Waals surface area (Å²) in [5.41, 5.74) is 10.8.